The van der Waals surface area contributed by atoms with Crippen molar-refractivity contribution in [2.24, 2.45) is 0 Å². The summed E-state index contributed by atoms with van der Waals surface area (Å²) in [5.74, 6) is 1.47. The van der Waals surface area contributed by atoms with E-state index in [-0.39, 0.29) is 12.4 Å². The molecular weight excluding hydrogens is 304 g/mol. The molecule has 0 atom stereocenters. The molecule has 0 amide bonds. The molecule has 2 heterocycles. The lowest BCUT2D eigenvalue weighted by Gasteiger charge is -2.09. The lowest BCUT2D eigenvalue weighted by atomic mass is 10.1. The second-order valence-electron chi connectivity index (χ2n) is 6.09. The summed E-state index contributed by atoms with van der Waals surface area (Å²) < 4.78 is 10.7. The number of ether oxygens (including phenoxy) is 2. The molecule has 24 heavy (non-hydrogen) atoms. The SMILES string of the molecule is Cc1cc(C)c2[nH]c(=O)c(CNc3ccc4c(c3)OCO4)cc2c1. The molecule has 3 aromatic rings. The van der Waals surface area contributed by atoms with Crippen LogP contribution in [0.3, 0.4) is 0 Å². The zero-order valence-corrected chi connectivity index (χ0v) is 13.6. The van der Waals surface area contributed by atoms with Gasteiger partial charge in [-0.1, -0.05) is 11.6 Å². The zero-order valence-electron chi connectivity index (χ0n) is 13.6. The van der Waals surface area contributed by atoms with Gasteiger partial charge in [-0.2, -0.15) is 0 Å². The Labute approximate surface area is 139 Å². The van der Waals surface area contributed by atoms with E-state index < -0.39 is 0 Å². The van der Waals surface area contributed by atoms with Crippen LogP contribution in [0.4, 0.5) is 5.69 Å². The molecule has 122 valence electrons. The maximum Gasteiger partial charge on any atom is 0.253 e. The topological polar surface area (TPSA) is 63.4 Å². The maximum absolute atomic E-state index is 12.3. The fraction of sp³-hybridized carbons (Fsp3) is 0.211. The van der Waals surface area contributed by atoms with Gasteiger partial charge in [0.25, 0.3) is 5.56 Å². The van der Waals surface area contributed by atoms with E-state index in [1.54, 1.807) is 0 Å². The van der Waals surface area contributed by atoms with Gasteiger partial charge in [-0.15, -0.1) is 0 Å². The Balaban J connectivity index is 1.62. The Bertz CT molecular complexity index is 992. The van der Waals surface area contributed by atoms with Crippen LogP contribution < -0.4 is 20.3 Å². The molecule has 0 bridgehead atoms. The largest absolute Gasteiger partial charge is 0.454 e. The molecule has 0 radical (unpaired) electrons. The van der Waals surface area contributed by atoms with E-state index in [1.165, 1.54) is 5.56 Å². The Morgan fingerprint density at radius 2 is 1.92 bits per heavy atom. The molecule has 0 aliphatic carbocycles. The van der Waals surface area contributed by atoms with Gasteiger partial charge in [-0.25, -0.2) is 0 Å². The van der Waals surface area contributed by atoms with Gasteiger partial charge in [-0.3, -0.25) is 4.79 Å². The Kier molecular flexibility index (Phi) is 3.41. The van der Waals surface area contributed by atoms with Crippen molar-refractivity contribution >= 4 is 16.6 Å². The fourth-order valence-electron chi connectivity index (χ4n) is 3.07. The van der Waals surface area contributed by atoms with Gasteiger partial charge in [0.2, 0.25) is 6.79 Å². The Morgan fingerprint density at radius 1 is 1.08 bits per heavy atom. The summed E-state index contributed by atoms with van der Waals surface area (Å²) in [5, 5.41) is 4.32. The number of rotatable bonds is 3. The highest BCUT2D eigenvalue weighted by Crippen LogP contribution is 2.34. The molecular formula is C19H18N2O3. The summed E-state index contributed by atoms with van der Waals surface area (Å²) in [5.41, 5.74) is 4.68. The highest BCUT2D eigenvalue weighted by molar-refractivity contribution is 5.82. The van der Waals surface area contributed by atoms with Gasteiger partial charge in [0.05, 0.1) is 5.52 Å². The molecule has 1 aromatic heterocycles. The standard InChI is InChI=1S/C19H18N2O3/c1-11-5-12(2)18-13(6-11)7-14(19(22)21-18)9-20-15-3-4-16-17(8-15)24-10-23-16/h3-8,20H,9-10H2,1-2H3,(H,21,22). The molecule has 5 heteroatoms. The minimum atomic E-state index is -0.0669. The Hall–Kier alpha value is -2.95. The highest BCUT2D eigenvalue weighted by atomic mass is 16.7. The molecule has 4 rings (SSSR count). The first-order valence-electron chi connectivity index (χ1n) is 7.87. The van der Waals surface area contributed by atoms with Crippen molar-refractivity contribution in [2.75, 3.05) is 12.1 Å². The molecule has 2 aromatic carbocycles. The van der Waals surface area contributed by atoms with Gasteiger partial charge in [-0.05, 0) is 49.1 Å². The monoisotopic (exact) mass is 322 g/mol. The molecule has 0 saturated heterocycles. The smallest absolute Gasteiger partial charge is 0.253 e. The number of nitrogens with one attached hydrogen (secondary N) is 2. The van der Waals surface area contributed by atoms with E-state index >= 15 is 0 Å². The van der Waals surface area contributed by atoms with Crippen LogP contribution in [0, 0.1) is 13.8 Å². The Morgan fingerprint density at radius 3 is 2.79 bits per heavy atom. The third-order valence-corrected chi connectivity index (χ3v) is 4.23. The van der Waals surface area contributed by atoms with Crippen molar-refractivity contribution in [1.82, 2.24) is 4.98 Å². The number of fused-ring (bicyclic) bond motifs is 2. The van der Waals surface area contributed by atoms with Crippen molar-refractivity contribution in [3.05, 3.63) is 63.4 Å². The van der Waals surface area contributed by atoms with Crippen LogP contribution >= 0.6 is 0 Å². The van der Waals surface area contributed by atoms with E-state index in [0.29, 0.717) is 12.1 Å². The summed E-state index contributed by atoms with van der Waals surface area (Å²) in [7, 11) is 0. The summed E-state index contributed by atoms with van der Waals surface area (Å²) in [6.45, 7) is 4.76. The van der Waals surface area contributed by atoms with Crippen LogP contribution in [-0.4, -0.2) is 11.8 Å². The number of aryl methyl sites for hydroxylation is 2. The average molecular weight is 322 g/mol. The third kappa shape index (κ3) is 2.58. The van der Waals surface area contributed by atoms with Crippen LogP contribution in [0.2, 0.25) is 0 Å². The second kappa shape index (κ2) is 5.60. The van der Waals surface area contributed by atoms with Gasteiger partial charge < -0.3 is 19.8 Å². The number of aromatic nitrogens is 1. The van der Waals surface area contributed by atoms with Crippen molar-refractivity contribution in [2.45, 2.75) is 20.4 Å². The number of hydrogen-bond donors (Lipinski definition) is 2. The molecule has 0 fully saturated rings. The summed E-state index contributed by atoms with van der Waals surface area (Å²) >= 11 is 0. The lowest BCUT2D eigenvalue weighted by Crippen LogP contribution is -2.16. The van der Waals surface area contributed by atoms with Gasteiger partial charge in [0, 0.05) is 23.9 Å². The van der Waals surface area contributed by atoms with E-state index in [0.717, 1.165) is 33.7 Å². The van der Waals surface area contributed by atoms with E-state index in [4.69, 9.17) is 9.47 Å². The minimum absolute atomic E-state index is 0.0669. The van der Waals surface area contributed by atoms with E-state index in [1.807, 2.05) is 31.2 Å². The summed E-state index contributed by atoms with van der Waals surface area (Å²) in [4.78, 5) is 15.3. The first-order valence-corrected chi connectivity index (χ1v) is 7.87. The van der Waals surface area contributed by atoms with Crippen molar-refractivity contribution in [3.63, 3.8) is 0 Å². The quantitative estimate of drug-likeness (QED) is 0.775. The first-order chi connectivity index (χ1) is 11.6. The number of anilines is 1. The predicted molar refractivity (Wildman–Crippen MR) is 93.9 cm³/mol. The number of pyridine rings is 1. The van der Waals surface area contributed by atoms with E-state index in [9.17, 15) is 4.79 Å². The van der Waals surface area contributed by atoms with Crippen LogP contribution in [0.25, 0.3) is 10.9 Å². The molecule has 1 aliphatic heterocycles. The van der Waals surface area contributed by atoms with Crippen LogP contribution in [0.5, 0.6) is 11.5 Å². The molecule has 0 unspecified atom stereocenters. The molecule has 0 spiro atoms. The predicted octanol–water partition coefficient (Wildman–Crippen LogP) is 3.49. The molecule has 2 N–H and O–H groups in total. The second-order valence-corrected chi connectivity index (χ2v) is 6.09. The summed E-state index contributed by atoms with van der Waals surface area (Å²) in [6, 6.07) is 11.8. The number of aromatic amines is 1. The zero-order chi connectivity index (χ0) is 16.7. The van der Waals surface area contributed by atoms with Crippen LogP contribution in [0.15, 0.2) is 41.2 Å². The fourth-order valence-corrected chi connectivity index (χ4v) is 3.07. The van der Waals surface area contributed by atoms with Gasteiger partial charge in [0.15, 0.2) is 11.5 Å². The normalized spacial score (nSPS) is 12.6. The van der Waals surface area contributed by atoms with Crippen LogP contribution in [-0.2, 0) is 6.54 Å². The van der Waals surface area contributed by atoms with Crippen LogP contribution in [0.1, 0.15) is 16.7 Å². The lowest BCUT2D eigenvalue weighted by molar-refractivity contribution is 0.174. The average Bonchev–Trinajstić information content (AvgIpc) is 3.01. The molecule has 0 saturated carbocycles. The number of benzene rings is 2. The minimum Gasteiger partial charge on any atom is -0.454 e. The first kappa shape index (κ1) is 14.6. The van der Waals surface area contributed by atoms with E-state index in [2.05, 4.69) is 29.4 Å². The molecule has 5 nitrogen and oxygen atoms in total. The van der Waals surface area contributed by atoms with Gasteiger partial charge >= 0.3 is 0 Å². The number of H-pyrrole nitrogens is 1. The summed E-state index contributed by atoms with van der Waals surface area (Å²) in [6.07, 6.45) is 0. The van der Waals surface area contributed by atoms with Gasteiger partial charge in [0.1, 0.15) is 0 Å². The highest BCUT2D eigenvalue weighted by Gasteiger charge is 2.13. The maximum atomic E-state index is 12.3. The number of hydrogen-bond acceptors (Lipinski definition) is 4. The van der Waals surface area contributed by atoms with Crippen molar-refractivity contribution in [1.29, 1.82) is 0 Å². The molecule has 1 aliphatic rings. The van der Waals surface area contributed by atoms with Crippen molar-refractivity contribution in [3.8, 4) is 11.5 Å². The third-order valence-electron chi connectivity index (χ3n) is 4.23. The van der Waals surface area contributed by atoms with Crippen molar-refractivity contribution < 1.29 is 9.47 Å².